The Hall–Kier alpha value is -0.860. The number of likely N-dealkylation sites (N-methyl/N-ethyl adjacent to an activating group) is 1. The van der Waals surface area contributed by atoms with Gasteiger partial charge in [0, 0.05) is 6.54 Å². The van der Waals surface area contributed by atoms with Crippen molar-refractivity contribution in [3.05, 3.63) is 35.4 Å². The summed E-state index contributed by atoms with van der Waals surface area (Å²) in [6.07, 6.45) is -0.408. The van der Waals surface area contributed by atoms with Crippen LogP contribution in [0.15, 0.2) is 24.3 Å². The van der Waals surface area contributed by atoms with E-state index in [0.717, 1.165) is 12.1 Å². The Morgan fingerprint density at radius 2 is 1.75 bits per heavy atom. The van der Waals surface area contributed by atoms with Crippen LogP contribution in [-0.4, -0.2) is 18.2 Å². The Morgan fingerprint density at radius 3 is 2.19 bits per heavy atom. The van der Waals surface area contributed by atoms with E-state index >= 15 is 0 Å². The predicted molar refractivity (Wildman–Crippen MR) is 68.6 cm³/mol. The van der Waals surface area contributed by atoms with Crippen molar-refractivity contribution in [3.8, 4) is 0 Å². The summed E-state index contributed by atoms with van der Waals surface area (Å²) in [5, 5.41) is 13.0. The van der Waals surface area contributed by atoms with Crippen LogP contribution in [-0.2, 0) is 5.41 Å². The minimum atomic E-state index is -0.408. The summed E-state index contributed by atoms with van der Waals surface area (Å²) < 4.78 is 0. The van der Waals surface area contributed by atoms with Crippen molar-refractivity contribution in [2.24, 2.45) is 0 Å². The molecule has 90 valence electrons. The molecule has 0 aliphatic rings. The Bertz CT molecular complexity index is 311. The number of aliphatic hydroxyl groups is 1. The second kappa shape index (κ2) is 5.46. The molecule has 0 saturated heterocycles. The third kappa shape index (κ3) is 3.62. The molecule has 0 aliphatic carbocycles. The van der Waals surface area contributed by atoms with Gasteiger partial charge in [-0.3, -0.25) is 0 Å². The molecule has 1 unspecified atom stereocenters. The Kier molecular flexibility index (Phi) is 4.51. The van der Waals surface area contributed by atoms with Gasteiger partial charge in [0.25, 0.3) is 0 Å². The van der Waals surface area contributed by atoms with Gasteiger partial charge >= 0.3 is 0 Å². The molecule has 0 heterocycles. The van der Waals surface area contributed by atoms with Gasteiger partial charge in [0.05, 0.1) is 6.10 Å². The van der Waals surface area contributed by atoms with Crippen LogP contribution in [0.5, 0.6) is 0 Å². The normalized spacial score (nSPS) is 13.8. The van der Waals surface area contributed by atoms with Gasteiger partial charge in [-0.2, -0.15) is 0 Å². The first-order valence-corrected chi connectivity index (χ1v) is 5.94. The van der Waals surface area contributed by atoms with Crippen molar-refractivity contribution in [1.82, 2.24) is 5.32 Å². The number of rotatable bonds is 4. The third-order valence-corrected chi connectivity index (χ3v) is 2.75. The predicted octanol–water partition coefficient (Wildman–Crippen LogP) is 2.63. The van der Waals surface area contributed by atoms with Gasteiger partial charge in [0.15, 0.2) is 0 Å². The molecule has 0 fully saturated rings. The first kappa shape index (κ1) is 13.2. The van der Waals surface area contributed by atoms with E-state index in [0.29, 0.717) is 6.54 Å². The molecule has 0 radical (unpaired) electrons. The van der Waals surface area contributed by atoms with Crippen molar-refractivity contribution in [2.45, 2.75) is 39.2 Å². The Labute approximate surface area is 98.7 Å². The summed E-state index contributed by atoms with van der Waals surface area (Å²) in [4.78, 5) is 0. The first-order valence-electron chi connectivity index (χ1n) is 5.94. The molecule has 2 N–H and O–H groups in total. The average Bonchev–Trinajstić information content (AvgIpc) is 2.25. The maximum atomic E-state index is 9.88. The van der Waals surface area contributed by atoms with E-state index < -0.39 is 6.10 Å². The van der Waals surface area contributed by atoms with Crippen LogP contribution in [0.25, 0.3) is 0 Å². The molecular weight excluding hydrogens is 198 g/mol. The molecule has 2 nitrogen and oxygen atoms in total. The second-order valence-corrected chi connectivity index (χ2v) is 5.20. The SMILES string of the molecule is CCNCC(O)c1ccc(C(C)(C)C)cc1. The third-order valence-electron chi connectivity index (χ3n) is 2.75. The van der Waals surface area contributed by atoms with Crippen molar-refractivity contribution in [1.29, 1.82) is 0 Å². The molecule has 0 aliphatic heterocycles. The van der Waals surface area contributed by atoms with Crippen LogP contribution in [0.3, 0.4) is 0 Å². The lowest BCUT2D eigenvalue weighted by Gasteiger charge is -2.20. The largest absolute Gasteiger partial charge is 0.387 e. The fourth-order valence-electron chi connectivity index (χ4n) is 1.60. The van der Waals surface area contributed by atoms with Gasteiger partial charge in [0.2, 0.25) is 0 Å². The van der Waals surface area contributed by atoms with Gasteiger partial charge in [-0.25, -0.2) is 0 Å². The van der Waals surface area contributed by atoms with E-state index in [1.807, 2.05) is 19.1 Å². The van der Waals surface area contributed by atoms with Gasteiger partial charge in [-0.1, -0.05) is 52.0 Å². The van der Waals surface area contributed by atoms with Gasteiger partial charge in [0.1, 0.15) is 0 Å². The quantitative estimate of drug-likeness (QED) is 0.819. The summed E-state index contributed by atoms with van der Waals surface area (Å²) in [6.45, 7) is 10.1. The highest BCUT2D eigenvalue weighted by Crippen LogP contribution is 2.23. The minimum absolute atomic E-state index is 0.172. The highest BCUT2D eigenvalue weighted by molar-refractivity contribution is 5.28. The van der Waals surface area contributed by atoms with E-state index in [1.165, 1.54) is 5.56 Å². The van der Waals surface area contributed by atoms with Crippen molar-refractivity contribution < 1.29 is 5.11 Å². The highest BCUT2D eigenvalue weighted by Gasteiger charge is 2.14. The van der Waals surface area contributed by atoms with Crippen LogP contribution >= 0.6 is 0 Å². The standard InChI is InChI=1S/C14H23NO/c1-5-15-10-13(16)11-6-8-12(9-7-11)14(2,3)4/h6-9,13,15-16H,5,10H2,1-4H3. The number of aliphatic hydroxyl groups excluding tert-OH is 1. The van der Waals surface area contributed by atoms with Gasteiger partial charge in [-0.15, -0.1) is 0 Å². The summed E-state index contributed by atoms with van der Waals surface area (Å²) in [5.74, 6) is 0. The molecule has 0 spiro atoms. The summed E-state index contributed by atoms with van der Waals surface area (Å²) in [6, 6.07) is 8.24. The average molecular weight is 221 g/mol. The maximum Gasteiger partial charge on any atom is 0.0914 e. The zero-order valence-electron chi connectivity index (χ0n) is 10.7. The van der Waals surface area contributed by atoms with Gasteiger partial charge in [-0.05, 0) is 23.1 Å². The number of nitrogens with one attached hydrogen (secondary N) is 1. The fraction of sp³-hybridized carbons (Fsp3) is 0.571. The molecule has 2 heteroatoms. The van der Waals surface area contributed by atoms with Crippen molar-refractivity contribution >= 4 is 0 Å². The lowest BCUT2D eigenvalue weighted by molar-refractivity contribution is 0.175. The highest BCUT2D eigenvalue weighted by atomic mass is 16.3. The van der Waals surface area contributed by atoms with Crippen LogP contribution in [0.4, 0.5) is 0 Å². The maximum absolute atomic E-state index is 9.88. The first-order chi connectivity index (χ1) is 7.45. The molecule has 1 rings (SSSR count). The van der Waals surface area contributed by atoms with E-state index in [1.54, 1.807) is 0 Å². The van der Waals surface area contributed by atoms with Crippen LogP contribution in [0.1, 0.15) is 44.9 Å². The molecule has 1 aromatic rings. The molecule has 0 aromatic heterocycles. The van der Waals surface area contributed by atoms with Crippen LogP contribution in [0.2, 0.25) is 0 Å². The lowest BCUT2D eigenvalue weighted by atomic mass is 9.86. The summed E-state index contributed by atoms with van der Waals surface area (Å²) in [7, 11) is 0. The van der Waals surface area contributed by atoms with Crippen LogP contribution in [0, 0.1) is 0 Å². The number of hydrogen-bond donors (Lipinski definition) is 2. The summed E-state index contributed by atoms with van der Waals surface area (Å²) in [5.41, 5.74) is 2.45. The molecule has 0 bridgehead atoms. The smallest absolute Gasteiger partial charge is 0.0914 e. The molecule has 0 amide bonds. The Balaban J connectivity index is 2.71. The topological polar surface area (TPSA) is 32.3 Å². The second-order valence-electron chi connectivity index (χ2n) is 5.20. The van der Waals surface area contributed by atoms with E-state index in [-0.39, 0.29) is 5.41 Å². The van der Waals surface area contributed by atoms with Crippen LogP contribution < -0.4 is 5.32 Å². The zero-order valence-corrected chi connectivity index (χ0v) is 10.7. The zero-order chi connectivity index (χ0) is 12.2. The monoisotopic (exact) mass is 221 g/mol. The molecule has 1 aromatic carbocycles. The molecule has 0 saturated carbocycles. The Morgan fingerprint density at radius 1 is 1.19 bits per heavy atom. The van der Waals surface area contributed by atoms with Crippen molar-refractivity contribution in [2.75, 3.05) is 13.1 Å². The van der Waals surface area contributed by atoms with E-state index in [2.05, 4.69) is 38.2 Å². The molecule has 16 heavy (non-hydrogen) atoms. The molecular formula is C14H23NO. The van der Waals surface area contributed by atoms with E-state index in [9.17, 15) is 5.11 Å². The van der Waals surface area contributed by atoms with E-state index in [4.69, 9.17) is 0 Å². The fourth-order valence-corrected chi connectivity index (χ4v) is 1.60. The molecule has 1 atom stereocenters. The lowest BCUT2D eigenvalue weighted by Crippen LogP contribution is -2.21. The van der Waals surface area contributed by atoms with Crippen molar-refractivity contribution in [3.63, 3.8) is 0 Å². The number of benzene rings is 1. The minimum Gasteiger partial charge on any atom is -0.387 e. The summed E-state index contributed by atoms with van der Waals surface area (Å²) >= 11 is 0. The van der Waals surface area contributed by atoms with Gasteiger partial charge < -0.3 is 10.4 Å². The number of hydrogen-bond acceptors (Lipinski definition) is 2.